The van der Waals surface area contributed by atoms with E-state index in [1.165, 1.54) is 23.1 Å². The number of amides is 1. The summed E-state index contributed by atoms with van der Waals surface area (Å²) < 4.78 is 18.4. The van der Waals surface area contributed by atoms with E-state index in [2.05, 4.69) is 5.18 Å². The van der Waals surface area contributed by atoms with Crippen LogP contribution in [-0.2, 0) is 11.3 Å². The summed E-state index contributed by atoms with van der Waals surface area (Å²) in [4.78, 5) is 24.7. The number of halogens is 1. The first-order chi connectivity index (χ1) is 10.6. The summed E-state index contributed by atoms with van der Waals surface area (Å²) in [5.74, 6) is -0.218. The topological polar surface area (TPSA) is 59.0 Å². The fraction of sp³-hybridized carbons (Fsp3) is 0.188. The molecule has 1 unspecified atom stereocenters. The van der Waals surface area contributed by atoms with Gasteiger partial charge in [0.05, 0.1) is 19.3 Å². The smallest absolute Gasteiger partial charge is 0.260 e. The van der Waals surface area contributed by atoms with E-state index < -0.39 is 17.8 Å². The third kappa shape index (κ3) is 2.32. The number of ether oxygens (including phenoxy) is 1. The van der Waals surface area contributed by atoms with Crippen molar-refractivity contribution < 1.29 is 13.9 Å². The van der Waals surface area contributed by atoms with Crippen molar-refractivity contribution in [2.45, 2.75) is 12.6 Å². The second-order valence-electron chi connectivity index (χ2n) is 4.98. The standard InChI is InChI=1S/C16H13FN2O3/c1-22-12-5-2-10(3-6-12)9-19-14-7-4-11(17)8-13(14)15(18-21)16(19)20/h2-8,15H,9H2,1H3. The molecule has 1 heterocycles. The van der Waals surface area contributed by atoms with Gasteiger partial charge in [0.1, 0.15) is 11.6 Å². The van der Waals surface area contributed by atoms with Gasteiger partial charge in [0.15, 0.2) is 6.04 Å². The molecule has 5 nitrogen and oxygen atoms in total. The van der Waals surface area contributed by atoms with Crippen LogP contribution in [0.3, 0.4) is 0 Å². The largest absolute Gasteiger partial charge is 0.497 e. The molecule has 2 aromatic carbocycles. The Kier molecular flexibility index (Phi) is 3.58. The van der Waals surface area contributed by atoms with Gasteiger partial charge in [0.25, 0.3) is 5.91 Å². The Morgan fingerprint density at radius 1 is 1.23 bits per heavy atom. The van der Waals surface area contributed by atoms with Gasteiger partial charge in [0, 0.05) is 5.56 Å². The van der Waals surface area contributed by atoms with Crippen molar-refractivity contribution in [2.24, 2.45) is 5.18 Å². The van der Waals surface area contributed by atoms with Crippen molar-refractivity contribution in [1.82, 2.24) is 0 Å². The van der Waals surface area contributed by atoms with E-state index in [4.69, 9.17) is 4.74 Å². The van der Waals surface area contributed by atoms with E-state index >= 15 is 0 Å². The van der Waals surface area contributed by atoms with Crippen molar-refractivity contribution in [1.29, 1.82) is 0 Å². The summed E-state index contributed by atoms with van der Waals surface area (Å²) in [6.45, 7) is 0.285. The number of hydrogen-bond donors (Lipinski definition) is 0. The summed E-state index contributed by atoms with van der Waals surface area (Å²) in [5, 5.41) is 2.84. The zero-order valence-corrected chi connectivity index (χ0v) is 11.8. The number of rotatable bonds is 4. The highest BCUT2D eigenvalue weighted by Gasteiger charge is 2.38. The maximum atomic E-state index is 13.3. The molecule has 3 rings (SSSR count). The summed E-state index contributed by atoms with van der Waals surface area (Å²) >= 11 is 0. The Bertz CT molecular complexity index is 731. The summed E-state index contributed by atoms with van der Waals surface area (Å²) in [6.07, 6.45) is 0. The summed E-state index contributed by atoms with van der Waals surface area (Å²) in [6, 6.07) is 10.0. The van der Waals surface area contributed by atoms with Crippen molar-refractivity contribution >= 4 is 11.6 Å². The third-order valence-electron chi connectivity index (χ3n) is 3.68. The zero-order chi connectivity index (χ0) is 15.7. The minimum atomic E-state index is -1.18. The van der Waals surface area contributed by atoms with Crippen LogP contribution in [0.5, 0.6) is 5.75 Å². The number of nitrogens with zero attached hydrogens (tertiary/aromatic N) is 2. The zero-order valence-electron chi connectivity index (χ0n) is 11.8. The predicted molar refractivity (Wildman–Crippen MR) is 79.1 cm³/mol. The van der Waals surface area contributed by atoms with E-state index in [0.717, 1.165) is 5.56 Å². The van der Waals surface area contributed by atoms with Crippen LogP contribution < -0.4 is 9.64 Å². The molecule has 0 radical (unpaired) electrons. The highest BCUT2D eigenvalue weighted by atomic mass is 19.1. The molecule has 0 saturated heterocycles. The number of carbonyl (C=O) groups excluding carboxylic acids is 1. The number of fused-ring (bicyclic) bond motifs is 1. The molecule has 6 heteroatoms. The fourth-order valence-electron chi connectivity index (χ4n) is 2.57. The monoisotopic (exact) mass is 300 g/mol. The van der Waals surface area contributed by atoms with Crippen molar-refractivity contribution in [3.8, 4) is 5.75 Å². The lowest BCUT2D eigenvalue weighted by Crippen LogP contribution is -2.27. The van der Waals surface area contributed by atoms with Gasteiger partial charge >= 0.3 is 0 Å². The van der Waals surface area contributed by atoms with E-state index in [1.54, 1.807) is 19.2 Å². The number of benzene rings is 2. The lowest BCUT2D eigenvalue weighted by atomic mass is 10.1. The highest BCUT2D eigenvalue weighted by Crippen LogP contribution is 2.39. The highest BCUT2D eigenvalue weighted by molar-refractivity contribution is 6.04. The minimum Gasteiger partial charge on any atom is -0.497 e. The molecular formula is C16H13FN2O3. The van der Waals surface area contributed by atoms with Gasteiger partial charge in [0.2, 0.25) is 0 Å². The SMILES string of the molecule is COc1ccc(CN2C(=O)C(N=O)c3cc(F)ccc32)cc1. The molecule has 2 aromatic rings. The van der Waals surface area contributed by atoms with E-state index in [1.807, 2.05) is 12.1 Å². The van der Waals surface area contributed by atoms with Gasteiger partial charge in [-0.25, -0.2) is 4.39 Å². The normalized spacial score (nSPS) is 16.5. The van der Waals surface area contributed by atoms with Crippen LogP contribution in [0.25, 0.3) is 0 Å². The lowest BCUT2D eigenvalue weighted by molar-refractivity contribution is -0.119. The molecule has 0 bridgehead atoms. The average molecular weight is 300 g/mol. The molecule has 1 aliphatic heterocycles. The number of anilines is 1. The van der Waals surface area contributed by atoms with Crippen LogP contribution in [0, 0.1) is 10.7 Å². The van der Waals surface area contributed by atoms with Gasteiger partial charge in [-0.1, -0.05) is 17.3 Å². The molecule has 0 saturated carbocycles. The molecule has 0 aliphatic carbocycles. The van der Waals surface area contributed by atoms with Crippen LogP contribution in [0.15, 0.2) is 47.6 Å². The summed E-state index contributed by atoms with van der Waals surface area (Å²) in [7, 11) is 1.57. The second kappa shape index (κ2) is 5.55. The van der Waals surface area contributed by atoms with E-state index in [0.29, 0.717) is 17.0 Å². The first kappa shape index (κ1) is 14.2. The first-order valence-electron chi connectivity index (χ1n) is 6.70. The van der Waals surface area contributed by atoms with Crippen LogP contribution in [-0.4, -0.2) is 13.0 Å². The molecular weight excluding hydrogens is 287 g/mol. The lowest BCUT2D eigenvalue weighted by Gasteiger charge is -2.17. The Morgan fingerprint density at radius 3 is 2.59 bits per heavy atom. The van der Waals surface area contributed by atoms with E-state index in [-0.39, 0.29) is 6.54 Å². The Morgan fingerprint density at radius 2 is 1.95 bits per heavy atom. The number of nitroso groups, excluding NO2 is 1. The minimum absolute atomic E-state index is 0.285. The van der Waals surface area contributed by atoms with Gasteiger partial charge in [-0.05, 0) is 35.9 Å². The van der Waals surface area contributed by atoms with Crippen LogP contribution in [0.2, 0.25) is 0 Å². The molecule has 0 spiro atoms. The molecule has 1 atom stereocenters. The van der Waals surface area contributed by atoms with Crippen molar-refractivity contribution in [3.63, 3.8) is 0 Å². The molecule has 0 fully saturated rings. The van der Waals surface area contributed by atoms with Gasteiger partial charge in [-0.15, -0.1) is 4.91 Å². The molecule has 22 heavy (non-hydrogen) atoms. The number of hydrogen-bond acceptors (Lipinski definition) is 4. The van der Waals surface area contributed by atoms with Gasteiger partial charge in [-0.2, -0.15) is 0 Å². The third-order valence-corrected chi connectivity index (χ3v) is 3.68. The van der Waals surface area contributed by atoms with Crippen molar-refractivity contribution in [3.05, 3.63) is 64.3 Å². The number of methoxy groups -OCH3 is 1. The Hall–Kier alpha value is -2.76. The molecule has 0 N–H and O–H groups in total. The van der Waals surface area contributed by atoms with Gasteiger partial charge < -0.3 is 9.64 Å². The predicted octanol–water partition coefficient (Wildman–Crippen LogP) is 3.19. The molecule has 0 aromatic heterocycles. The maximum Gasteiger partial charge on any atom is 0.260 e. The maximum absolute atomic E-state index is 13.3. The van der Waals surface area contributed by atoms with Crippen molar-refractivity contribution in [2.75, 3.05) is 12.0 Å². The van der Waals surface area contributed by atoms with E-state index in [9.17, 15) is 14.1 Å². The fourth-order valence-corrected chi connectivity index (χ4v) is 2.57. The Labute approximate surface area is 126 Å². The quantitative estimate of drug-likeness (QED) is 0.815. The number of carbonyl (C=O) groups is 1. The van der Waals surface area contributed by atoms with Gasteiger partial charge in [-0.3, -0.25) is 4.79 Å². The van der Waals surface area contributed by atoms with Crippen LogP contribution in [0.4, 0.5) is 10.1 Å². The second-order valence-corrected chi connectivity index (χ2v) is 4.98. The molecule has 1 aliphatic rings. The average Bonchev–Trinajstić information content (AvgIpc) is 2.79. The first-order valence-corrected chi connectivity index (χ1v) is 6.70. The van der Waals surface area contributed by atoms with Crippen LogP contribution in [0.1, 0.15) is 17.2 Å². The summed E-state index contributed by atoms with van der Waals surface area (Å²) in [5.41, 5.74) is 1.70. The molecule has 1 amide bonds. The Balaban J connectivity index is 1.93. The molecule has 112 valence electrons. The van der Waals surface area contributed by atoms with Crippen LogP contribution >= 0.6 is 0 Å².